The van der Waals surface area contributed by atoms with E-state index in [1.54, 1.807) is 0 Å². The molecule has 0 bridgehead atoms. The molecule has 0 saturated heterocycles. The van der Waals surface area contributed by atoms with E-state index in [2.05, 4.69) is 9.97 Å². The van der Waals surface area contributed by atoms with Crippen LogP contribution in [0.1, 0.15) is 37.3 Å². The molecule has 0 unspecified atom stereocenters. The highest BCUT2D eigenvalue weighted by Crippen LogP contribution is 2.34. The van der Waals surface area contributed by atoms with Crippen LogP contribution in [0, 0.1) is 5.92 Å². The maximum atomic E-state index is 11.2. The summed E-state index contributed by atoms with van der Waals surface area (Å²) in [7, 11) is 0. The molecule has 0 radical (unpaired) electrons. The lowest BCUT2D eigenvalue weighted by molar-refractivity contribution is -0.142. The van der Waals surface area contributed by atoms with Gasteiger partial charge in [-0.2, -0.15) is 0 Å². The number of aromatic nitrogens is 2. The van der Waals surface area contributed by atoms with E-state index in [4.69, 9.17) is 5.11 Å². The van der Waals surface area contributed by atoms with Crippen molar-refractivity contribution in [2.24, 2.45) is 5.92 Å². The lowest BCUT2D eigenvalue weighted by atomic mass is 9.80. The molecule has 0 atom stereocenters. The van der Waals surface area contributed by atoms with Crippen molar-refractivity contribution in [2.45, 2.75) is 31.6 Å². The first-order valence-electron chi connectivity index (χ1n) is 5.62. The topological polar surface area (TPSA) is 103 Å². The molecule has 1 saturated carbocycles. The Hall–Kier alpha value is -1.85. The molecule has 1 aromatic rings. The lowest BCUT2D eigenvalue weighted by Gasteiger charge is -2.25. The summed E-state index contributed by atoms with van der Waals surface area (Å²) in [6.45, 7) is 0. The van der Waals surface area contributed by atoms with E-state index in [-0.39, 0.29) is 11.8 Å². The van der Waals surface area contributed by atoms with Crippen LogP contribution in [0.3, 0.4) is 0 Å². The molecule has 1 aliphatic rings. The summed E-state index contributed by atoms with van der Waals surface area (Å²) in [5, 5.41) is 8.87. The number of aromatic amines is 2. The van der Waals surface area contributed by atoms with Crippen LogP contribution in [-0.2, 0) is 4.79 Å². The molecule has 3 N–H and O–H groups in total. The molecule has 92 valence electrons. The van der Waals surface area contributed by atoms with Gasteiger partial charge in [0.05, 0.1) is 5.92 Å². The number of hydrogen-bond acceptors (Lipinski definition) is 3. The van der Waals surface area contributed by atoms with Gasteiger partial charge in [-0.15, -0.1) is 0 Å². The van der Waals surface area contributed by atoms with Crippen LogP contribution in [0.2, 0.25) is 0 Å². The van der Waals surface area contributed by atoms with Crippen molar-refractivity contribution >= 4 is 5.97 Å². The standard InChI is InChI=1S/C11H14N2O4/c14-9-5-8(12-11(17)13-9)6-1-3-7(4-2-6)10(15)16/h5-7H,1-4H2,(H,15,16)(H2,12,13,14,17). The van der Waals surface area contributed by atoms with Crippen molar-refractivity contribution in [3.05, 3.63) is 32.6 Å². The molecule has 6 nitrogen and oxygen atoms in total. The summed E-state index contributed by atoms with van der Waals surface area (Å²) in [6, 6.07) is 1.38. The third-order valence-corrected chi connectivity index (χ3v) is 3.30. The van der Waals surface area contributed by atoms with E-state index in [1.165, 1.54) is 6.07 Å². The fourth-order valence-electron chi connectivity index (χ4n) is 2.36. The van der Waals surface area contributed by atoms with Gasteiger partial charge in [0.2, 0.25) is 0 Å². The Morgan fingerprint density at radius 3 is 2.35 bits per heavy atom. The van der Waals surface area contributed by atoms with Gasteiger partial charge in [0.15, 0.2) is 0 Å². The second-order valence-electron chi connectivity index (χ2n) is 4.43. The van der Waals surface area contributed by atoms with E-state index in [0.717, 1.165) is 0 Å². The quantitative estimate of drug-likeness (QED) is 0.694. The zero-order valence-corrected chi connectivity index (χ0v) is 9.23. The second-order valence-corrected chi connectivity index (χ2v) is 4.43. The first-order valence-corrected chi connectivity index (χ1v) is 5.62. The molecule has 0 spiro atoms. The largest absolute Gasteiger partial charge is 0.481 e. The van der Waals surface area contributed by atoms with Crippen molar-refractivity contribution in [1.82, 2.24) is 9.97 Å². The SMILES string of the molecule is O=C(O)C1CCC(c2cc(=O)[nH]c(=O)[nH]2)CC1. The molecule has 2 rings (SSSR count). The minimum Gasteiger partial charge on any atom is -0.481 e. The van der Waals surface area contributed by atoms with Gasteiger partial charge in [0, 0.05) is 11.8 Å². The Morgan fingerprint density at radius 2 is 1.82 bits per heavy atom. The van der Waals surface area contributed by atoms with Crippen LogP contribution in [0.5, 0.6) is 0 Å². The van der Waals surface area contributed by atoms with E-state index < -0.39 is 17.2 Å². The highest BCUT2D eigenvalue weighted by atomic mass is 16.4. The predicted molar refractivity (Wildman–Crippen MR) is 60.0 cm³/mol. The third kappa shape index (κ3) is 2.64. The highest BCUT2D eigenvalue weighted by molar-refractivity contribution is 5.70. The van der Waals surface area contributed by atoms with Gasteiger partial charge in [0.1, 0.15) is 0 Å². The van der Waals surface area contributed by atoms with E-state index in [1.807, 2.05) is 0 Å². The van der Waals surface area contributed by atoms with Gasteiger partial charge in [-0.3, -0.25) is 14.6 Å². The van der Waals surface area contributed by atoms with Gasteiger partial charge in [-0.05, 0) is 31.6 Å². The summed E-state index contributed by atoms with van der Waals surface area (Å²) >= 11 is 0. The van der Waals surface area contributed by atoms with Gasteiger partial charge in [0.25, 0.3) is 5.56 Å². The maximum absolute atomic E-state index is 11.2. The Labute approximate surface area is 96.7 Å². The Bertz CT molecular complexity index is 495. The fourth-order valence-corrected chi connectivity index (χ4v) is 2.36. The normalized spacial score (nSPS) is 24.5. The molecular formula is C11H14N2O4. The molecule has 17 heavy (non-hydrogen) atoms. The summed E-state index contributed by atoms with van der Waals surface area (Å²) in [6.07, 6.45) is 2.57. The minimum absolute atomic E-state index is 0.0839. The molecule has 6 heteroatoms. The van der Waals surface area contributed by atoms with Crippen molar-refractivity contribution < 1.29 is 9.90 Å². The molecule has 0 aliphatic heterocycles. The summed E-state index contributed by atoms with van der Waals surface area (Å²) in [5.74, 6) is -0.969. The number of carboxylic acids is 1. The summed E-state index contributed by atoms with van der Waals surface area (Å²) in [4.78, 5) is 37.8. The van der Waals surface area contributed by atoms with Crippen LogP contribution >= 0.6 is 0 Å². The number of aliphatic carboxylic acids is 1. The van der Waals surface area contributed by atoms with E-state index in [9.17, 15) is 14.4 Å². The number of hydrogen-bond donors (Lipinski definition) is 3. The Kier molecular flexibility index (Phi) is 3.12. The lowest BCUT2D eigenvalue weighted by Crippen LogP contribution is -2.26. The highest BCUT2D eigenvalue weighted by Gasteiger charge is 2.27. The first kappa shape index (κ1) is 11.6. The minimum atomic E-state index is -0.761. The zero-order chi connectivity index (χ0) is 12.4. The molecular weight excluding hydrogens is 224 g/mol. The van der Waals surface area contributed by atoms with E-state index in [0.29, 0.717) is 31.4 Å². The predicted octanol–water partition coefficient (Wildman–Crippen LogP) is 0.422. The van der Waals surface area contributed by atoms with Gasteiger partial charge in [-0.1, -0.05) is 0 Å². The van der Waals surface area contributed by atoms with Crippen molar-refractivity contribution in [2.75, 3.05) is 0 Å². The molecule has 0 amide bonds. The average Bonchev–Trinajstić information content (AvgIpc) is 2.28. The van der Waals surface area contributed by atoms with Crippen LogP contribution in [0.15, 0.2) is 15.7 Å². The van der Waals surface area contributed by atoms with Crippen LogP contribution in [0.25, 0.3) is 0 Å². The Balaban J connectivity index is 2.13. The van der Waals surface area contributed by atoms with Crippen molar-refractivity contribution in [3.63, 3.8) is 0 Å². The molecule has 1 fully saturated rings. The van der Waals surface area contributed by atoms with Gasteiger partial charge in [-0.25, -0.2) is 4.79 Å². The number of carboxylic acid groups (broad SMARTS) is 1. The second kappa shape index (κ2) is 4.57. The summed E-state index contributed by atoms with van der Waals surface area (Å²) in [5.41, 5.74) is -0.306. The number of nitrogens with one attached hydrogen (secondary N) is 2. The fraction of sp³-hybridized carbons (Fsp3) is 0.545. The third-order valence-electron chi connectivity index (χ3n) is 3.30. The van der Waals surface area contributed by atoms with Gasteiger partial charge < -0.3 is 10.1 Å². The van der Waals surface area contributed by atoms with E-state index >= 15 is 0 Å². The Morgan fingerprint density at radius 1 is 1.18 bits per heavy atom. The van der Waals surface area contributed by atoms with Crippen LogP contribution < -0.4 is 11.2 Å². The smallest absolute Gasteiger partial charge is 0.325 e. The number of H-pyrrole nitrogens is 2. The number of carbonyl (C=O) groups is 1. The average molecular weight is 238 g/mol. The molecule has 0 aromatic carbocycles. The van der Waals surface area contributed by atoms with Crippen molar-refractivity contribution in [1.29, 1.82) is 0 Å². The number of rotatable bonds is 2. The maximum Gasteiger partial charge on any atom is 0.325 e. The molecule has 1 heterocycles. The molecule has 1 aliphatic carbocycles. The monoisotopic (exact) mass is 238 g/mol. The van der Waals surface area contributed by atoms with Crippen molar-refractivity contribution in [3.8, 4) is 0 Å². The summed E-state index contributed by atoms with van der Waals surface area (Å²) < 4.78 is 0. The zero-order valence-electron chi connectivity index (χ0n) is 9.23. The van der Waals surface area contributed by atoms with Gasteiger partial charge >= 0.3 is 11.7 Å². The molecule has 1 aromatic heterocycles. The first-order chi connectivity index (χ1) is 8.06. The van der Waals surface area contributed by atoms with Crippen LogP contribution in [-0.4, -0.2) is 21.0 Å². The van der Waals surface area contributed by atoms with Crippen LogP contribution in [0.4, 0.5) is 0 Å².